The number of nitrogens with one attached hydrogen (secondary N) is 1. The molecule has 2 aromatic heterocycles. The number of hydrogen-bond donors (Lipinski definition) is 1. The van der Waals surface area contributed by atoms with E-state index in [0.29, 0.717) is 0 Å². The van der Waals surface area contributed by atoms with Gasteiger partial charge in [0.05, 0.1) is 12.1 Å². The van der Waals surface area contributed by atoms with Crippen LogP contribution in [-0.4, -0.2) is 21.5 Å². The number of benzene rings is 1. The number of fused-ring (bicyclic) bond motifs is 1. The smallest absolute Gasteiger partial charge is 0.113 e. The van der Waals surface area contributed by atoms with Gasteiger partial charge < -0.3 is 5.32 Å². The molecule has 92 valence electrons. The molecule has 3 aromatic rings. The van der Waals surface area contributed by atoms with Crippen LogP contribution >= 0.6 is 11.3 Å². The van der Waals surface area contributed by atoms with E-state index in [4.69, 9.17) is 0 Å². The minimum atomic E-state index is 0.839. The quantitative estimate of drug-likeness (QED) is 0.714. The van der Waals surface area contributed by atoms with Crippen LogP contribution in [0.25, 0.3) is 11.0 Å². The molecule has 2 heterocycles. The third-order valence-corrected chi connectivity index (χ3v) is 3.68. The molecule has 0 radical (unpaired) electrons. The molecule has 0 bridgehead atoms. The predicted octanol–water partition coefficient (Wildman–Crippen LogP) is 2.28. The molecular weight excluding hydrogens is 244 g/mol. The van der Waals surface area contributed by atoms with E-state index < -0.39 is 0 Å². The van der Waals surface area contributed by atoms with E-state index >= 15 is 0 Å². The fourth-order valence-corrected chi connectivity index (χ4v) is 2.57. The molecule has 0 fully saturated rings. The van der Waals surface area contributed by atoms with Gasteiger partial charge in [0.2, 0.25) is 0 Å². The second-order valence-corrected chi connectivity index (χ2v) is 5.09. The summed E-state index contributed by atoms with van der Waals surface area (Å²) in [6.45, 7) is 2.65. The van der Waals surface area contributed by atoms with Crippen molar-refractivity contribution in [3.63, 3.8) is 0 Å². The Morgan fingerprint density at radius 3 is 3.00 bits per heavy atom. The lowest BCUT2D eigenvalue weighted by atomic mass is 10.3. The zero-order valence-electron chi connectivity index (χ0n) is 9.91. The second-order valence-electron chi connectivity index (χ2n) is 4.06. The van der Waals surface area contributed by atoms with Gasteiger partial charge in [-0.15, -0.1) is 16.4 Å². The largest absolute Gasteiger partial charge is 0.310 e. The van der Waals surface area contributed by atoms with Gasteiger partial charge >= 0.3 is 0 Å². The molecule has 0 amide bonds. The van der Waals surface area contributed by atoms with E-state index in [0.717, 1.165) is 30.7 Å². The Morgan fingerprint density at radius 2 is 2.11 bits per heavy atom. The van der Waals surface area contributed by atoms with Crippen molar-refractivity contribution in [1.82, 2.24) is 20.3 Å². The molecule has 0 atom stereocenters. The minimum absolute atomic E-state index is 0.839. The molecule has 0 aliphatic rings. The lowest BCUT2D eigenvalue weighted by molar-refractivity contribution is 0.554. The molecule has 0 spiro atoms. The molecule has 0 aliphatic carbocycles. The average molecular weight is 258 g/mol. The third kappa shape index (κ3) is 2.42. The summed E-state index contributed by atoms with van der Waals surface area (Å²) in [5.74, 6) is 0. The second kappa shape index (κ2) is 5.29. The molecule has 0 aliphatic heterocycles. The molecule has 18 heavy (non-hydrogen) atoms. The van der Waals surface area contributed by atoms with E-state index in [-0.39, 0.29) is 0 Å². The molecule has 4 nitrogen and oxygen atoms in total. The summed E-state index contributed by atoms with van der Waals surface area (Å²) in [7, 11) is 0. The maximum absolute atomic E-state index is 4.16. The van der Waals surface area contributed by atoms with Crippen molar-refractivity contribution >= 4 is 22.4 Å². The van der Waals surface area contributed by atoms with Gasteiger partial charge in [-0.2, -0.15) is 0 Å². The van der Waals surface area contributed by atoms with Gasteiger partial charge in [0.25, 0.3) is 0 Å². The van der Waals surface area contributed by atoms with Gasteiger partial charge in [-0.3, -0.25) is 0 Å². The molecule has 0 saturated carbocycles. The van der Waals surface area contributed by atoms with Crippen LogP contribution in [0.2, 0.25) is 0 Å². The first-order valence-corrected chi connectivity index (χ1v) is 6.83. The molecule has 0 saturated heterocycles. The highest BCUT2D eigenvalue weighted by Gasteiger charge is 2.02. The van der Waals surface area contributed by atoms with Crippen LogP contribution in [0, 0.1) is 0 Å². The summed E-state index contributed by atoms with van der Waals surface area (Å²) in [4.78, 5) is 1.36. The van der Waals surface area contributed by atoms with Crippen molar-refractivity contribution in [3.8, 4) is 0 Å². The minimum Gasteiger partial charge on any atom is -0.310 e. The SMILES string of the molecule is c1csc(CNCCn2nnc3ccccc32)c1. The molecule has 3 rings (SSSR count). The highest BCUT2D eigenvalue weighted by atomic mass is 32.1. The van der Waals surface area contributed by atoms with Gasteiger partial charge in [0.15, 0.2) is 0 Å². The summed E-state index contributed by atoms with van der Waals surface area (Å²) < 4.78 is 1.94. The Labute approximate surface area is 109 Å². The van der Waals surface area contributed by atoms with Crippen LogP contribution in [-0.2, 0) is 13.1 Å². The van der Waals surface area contributed by atoms with Crippen LogP contribution in [0.3, 0.4) is 0 Å². The number of thiophene rings is 1. The van der Waals surface area contributed by atoms with Crippen molar-refractivity contribution in [1.29, 1.82) is 0 Å². The van der Waals surface area contributed by atoms with E-state index in [2.05, 4.69) is 39.2 Å². The van der Waals surface area contributed by atoms with Crippen molar-refractivity contribution < 1.29 is 0 Å². The fraction of sp³-hybridized carbons (Fsp3) is 0.231. The maximum Gasteiger partial charge on any atom is 0.113 e. The maximum atomic E-state index is 4.16. The monoisotopic (exact) mass is 258 g/mol. The molecule has 1 aromatic carbocycles. The number of para-hydroxylation sites is 1. The Morgan fingerprint density at radius 1 is 1.17 bits per heavy atom. The fourth-order valence-electron chi connectivity index (χ4n) is 1.89. The zero-order chi connectivity index (χ0) is 12.2. The van der Waals surface area contributed by atoms with Gasteiger partial charge in [0, 0.05) is 18.0 Å². The van der Waals surface area contributed by atoms with Crippen LogP contribution in [0.15, 0.2) is 41.8 Å². The Hall–Kier alpha value is -1.72. The van der Waals surface area contributed by atoms with Gasteiger partial charge in [0.1, 0.15) is 5.52 Å². The first-order chi connectivity index (χ1) is 8.93. The third-order valence-electron chi connectivity index (χ3n) is 2.80. The van der Waals surface area contributed by atoms with E-state index in [1.807, 2.05) is 22.9 Å². The Balaban J connectivity index is 1.57. The van der Waals surface area contributed by atoms with Crippen LogP contribution < -0.4 is 5.32 Å². The summed E-state index contributed by atoms with van der Waals surface area (Å²) >= 11 is 1.78. The number of aromatic nitrogens is 3. The van der Waals surface area contributed by atoms with E-state index in [9.17, 15) is 0 Å². The molecular formula is C13H14N4S. The van der Waals surface area contributed by atoms with Crippen molar-refractivity contribution in [2.45, 2.75) is 13.1 Å². The van der Waals surface area contributed by atoms with E-state index in [1.54, 1.807) is 11.3 Å². The highest BCUT2D eigenvalue weighted by Crippen LogP contribution is 2.09. The Kier molecular flexibility index (Phi) is 3.34. The van der Waals surface area contributed by atoms with Crippen LogP contribution in [0.5, 0.6) is 0 Å². The average Bonchev–Trinajstić information content (AvgIpc) is 3.04. The van der Waals surface area contributed by atoms with Crippen LogP contribution in [0.1, 0.15) is 4.88 Å². The lowest BCUT2D eigenvalue weighted by Gasteiger charge is -2.03. The first kappa shape index (κ1) is 11.4. The number of nitrogens with zero attached hydrogens (tertiary/aromatic N) is 3. The summed E-state index contributed by atoms with van der Waals surface area (Å²) in [6.07, 6.45) is 0. The van der Waals surface area contributed by atoms with Crippen molar-refractivity contribution in [3.05, 3.63) is 46.7 Å². The molecule has 0 unspecified atom stereocenters. The molecule has 1 N–H and O–H groups in total. The van der Waals surface area contributed by atoms with Gasteiger partial charge in [-0.1, -0.05) is 23.4 Å². The Bertz CT molecular complexity index is 615. The van der Waals surface area contributed by atoms with Gasteiger partial charge in [-0.05, 0) is 23.6 Å². The standard InChI is InChI=1S/C13H14N4S/c1-2-6-13-12(5-1)15-16-17(13)8-7-14-10-11-4-3-9-18-11/h1-6,9,14H,7-8,10H2. The van der Waals surface area contributed by atoms with Crippen LogP contribution in [0.4, 0.5) is 0 Å². The van der Waals surface area contributed by atoms with Crippen molar-refractivity contribution in [2.75, 3.05) is 6.54 Å². The van der Waals surface area contributed by atoms with Crippen molar-refractivity contribution in [2.24, 2.45) is 0 Å². The number of hydrogen-bond acceptors (Lipinski definition) is 4. The molecule has 5 heteroatoms. The van der Waals surface area contributed by atoms with Gasteiger partial charge in [-0.25, -0.2) is 4.68 Å². The normalized spacial score (nSPS) is 11.1. The predicted molar refractivity (Wildman–Crippen MR) is 73.6 cm³/mol. The summed E-state index contributed by atoms with van der Waals surface area (Å²) in [5, 5.41) is 13.8. The lowest BCUT2D eigenvalue weighted by Crippen LogP contribution is -2.19. The summed E-state index contributed by atoms with van der Waals surface area (Å²) in [6, 6.07) is 12.2. The first-order valence-electron chi connectivity index (χ1n) is 5.95. The number of rotatable bonds is 5. The zero-order valence-corrected chi connectivity index (χ0v) is 10.7. The summed E-state index contributed by atoms with van der Waals surface area (Å²) in [5.41, 5.74) is 2.05. The topological polar surface area (TPSA) is 42.7 Å². The highest BCUT2D eigenvalue weighted by molar-refractivity contribution is 7.09. The van der Waals surface area contributed by atoms with E-state index in [1.165, 1.54) is 4.88 Å².